The Labute approximate surface area is 128 Å². The maximum Gasteiger partial charge on any atom is 0.475 e. The number of benzene rings is 1. The number of phosphoric ester groups is 1. The fourth-order valence-corrected chi connectivity index (χ4v) is 3.05. The Hall–Kier alpha value is -0.450. The molecule has 0 aliphatic rings. The second-order valence-electron chi connectivity index (χ2n) is 3.98. The average Bonchev–Trinajstić information content (AvgIpc) is 2.39. The minimum atomic E-state index is -3.43. The Kier molecular flexibility index (Phi) is 7.70. The number of hydrogen-bond donors (Lipinski definition) is 0. The normalized spacial score (nSPS) is 12.7. The van der Waals surface area contributed by atoms with E-state index >= 15 is 0 Å². The van der Waals surface area contributed by atoms with E-state index in [4.69, 9.17) is 13.6 Å². The van der Waals surface area contributed by atoms with Crippen LogP contribution in [0, 0.1) is 0 Å². The molecule has 0 spiro atoms. The summed E-state index contributed by atoms with van der Waals surface area (Å²) in [4.78, 5) is 0. The minimum absolute atomic E-state index is 0.176. The standard InChI is InChI=1S/C14H20BrO4P/c1-4-17-20(16,18-5-2)19-10-9-12(3)13-7-6-8-14(15)11-13/h6-9,11H,4-5,10H2,1-3H3/b12-9+. The van der Waals surface area contributed by atoms with Crippen molar-refractivity contribution in [3.8, 4) is 0 Å². The third-order valence-corrected chi connectivity index (χ3v) is 4.58. The molecule has 1 aromatic rings. The van der Waals surface area contributed by atoms with Gasteiger partial charge in [-0.3, -0.25) is 13.6 Å². The number of allylic oxidation sites excluding steroid dienone is 1. The van der Waals surface area contributed by atoms with Crippen LogP contribution in [0.4, 0.5) is 0 Å². The van der Waals surface area contributed by atoms with E-state index < -0.39 is 7.82 Å². The van der Waals surface area contributed by atoms with Crippen molar-refractivity contribution >= 4 is 29.3 Å². The van der Waals surface area contributed by atoms with Gasteiger partial charge in [0.15, 0.2) is 0 Å². The van der Waals surface area contributed by atoms with Crippen LogP contribution in [0.3, 0.4) is 0 Å². The minimum Gasteiger partial charge on any atom is -0.287 e. The van der Waals surface area contributed by atoms with E-state index in [0.717, 1.165) is 15.6 Å². The van der Waals surface area contributed by atoms with Crippen molar-refractivity contribution in [2.75, 3.05) is 19.8 Å². The maximum atomic E-state index is 12.1. The van der Waals surface area contributed by atoms with Gasteiger partial charge in [-0.15, -0.1) is 0 Å². The van der Waals surface area contributed by atoms with Crippen LogP contribution in [0.15, 0.2) is 34.8 Å². The first kappa shape index (κ1) is 17.6. The van der Waals surface area contributed by atoms with Crippen molar-refractivity contribution in [1.82, 2.24) is 0 Å². The van der Waals surface area contributed by atoms with Crippen molar-refractivity contribution in [3.05, 3.63) is 40.4 Å². The van der Waals surface area contributed by atoms with Gasteiger partial charge in [0, 0.05) is 4.47 Å². The van der Waals surface area contributed by atoms with Crippen LogP contribution >= 0.6 is 23.8 Å². The summed E-state index contributed by atoms with van der Waals surface area (Å²) in [6.45, 7) is 6.21. The lowest BCUT2D eigenvalue weighted by molar-refractivity contribution is 0.131. The van der Waals surface area contributed by atoms with Crippen molar-refractivity contribution in [2.45, 2.75) is 20.8 Å². The summed E-state index contributed by atoms with van der Waals surface area (Å²) in [5, 5.41) is 0. The Bertz CT molecular complexity index is 492. The van der Waals surface area contributed by atoms with Crippen molar-refractivity contribution in [3.63, 3.8) is 0 Å². The van der Waals surface area contributed by atoms with E-state index in [9.17, 15) is 4.57 Å². The molecule has 0 heterocycles. The topological polar surface area (TPSA) is 44.8 Å². The molecule has 0 radical (unpaired) electrons. The highest BCUT2D eigenvalue weighted by Gasteiger charge is 2.24. The smallest absolute Gasteiger partial charge is 0.287 e. The van der Waals surface area contributed by atoms with E-state index in [1.54, 1.807) is 13.8 Å². The molecule has 1 rings (SSSR count). The maximum absolute atomic E-state index is 12.1. The van der Waals surface area contributed by atoms with Crippen molar-refractivity contribution in [2.24, 2.45) is 0 Å². The van der Waals surface area contributed by atoms with Crippen molar-refractivity contribution in [1.29, 1.82) is 0 Å². The number of halogens is 1. The highest BCUT2D eigenvalue weighted by atomic mass is 79.9. The lowest BCUT2D eigenvalue weighted by Crippen LogP contribution is -2.00. The zero-order valence-corrected chi connectivity index (χ0v) is 14.4. The number of phosphoric acid groups is 1. The summed E-state index contributed by atoms with van der Waals surface area (Å²) in [5.41, 5.74) is 2.11. The molecule has 112 valence electrons. The summed E-state index contributed by atoms with van der Waals surface area (Å²) in [5.74, 6) is 0. The molecule has 1 aromatic carbocycles. The van der Waals surface area contributed by atoms with Crippen LogP contribution in [0.1, 0.15) is 26.3 Å². The molecule has 0 saturated carbocycles. The fraction of sp³-hybridized carbons (Fsp3) is 0.429. The SMILES string of the molecule is CCOP(=O)(OCC)OC/C=C(\C)c1cccc(Br)c1. The van der Waals surface area contributed by atoms with E-state index in [-0.39, 0.29) is 19.8 Å². The Morgan fingerprint density at radius 1 is 1.25 bits per heavy atom. The Balaban J connectivity index is 2.65. The zero-order chi connectivity index (χ0) is 15.0. The van der Waals surface area contributed by atoms with E-state index in [1.807, 2.05) is 37.3 Å². The Morgan fingerprint density at radius 3 is 2.45 bits per heavy atom. The highest BCUT2D eigenvalue weighted by Crippen LogP contribution is 2.49. The largest absolute Gasteiger partial charge is 0.475 e. The van der Waals surface area contributed by atoms with Gasteiger partial charge in [0.25, 0.3) is 0 Å². The molecule has 0 aliphatic carbocycles. The summed E-state index contributed by atoms with van der Waals surface area (Å²) < 4.78 is 28.5. The van der Waals surface area contributed by atoms with Gasteiger partial charge in [-0.2, -0.15) is 0 Å². The monoisotopic (exact) mass is 362 g/mol. The van der Waals surface area contributed by atoms with Gasteiger partial charge in [0.05, 0.1) is 19.8 Å². The van der Waals surface area contributed by atoms with Crippen LogP contribution < -0.4 is 0 Å². The third kappa shape index (κ3) is 5.90. The fourth-order valence-electron chi connectivity index (χ4n) is 1.53. The molecule has 0 N–H and O–H groups in total. The lowest BCUT2D eigenvalue weighted by Gasteiger charge is -2.15. The number of hydrogen-bond acceptors (Lipinski definition) is 4. The average molecular weight is 363 g/mol. The molecule has 0 saturated heterocycles. The van der Waals surface area contributed by atoms with Crippen LogP contribution in [0.25, 0.3) is 5.57 Å². The lowest BCUT2D eigenvalue weighted by atomic mass is 10.1. The molecular weight excluding hydrogens is 343 g/mol. The molecule has 0 bridgehead atoms. The van der Waals surface area contributed by atoms with Crippen molar-refractivity contribution < 1.29 is 18.1 Å². The predicted molar refractivity (Wildman–Crippen MR) is 84.6 cm³/mol. The zero-order valence-electron chi connectivity index (χ0n) is 12.0. The van der Waals surface area contributed by atoms with Gasteiger partial charge in [-0.1, -0.05) is 34.1 Å². The molecule has 0 fully saturated rings. The van der Waals surface area contributed by atoms with E-state index in [0.29, 0.717) is 0 Å². The quantitative estimate of drug-likeness (QED) is 0.607. The second-order valence-corrected chi connectivity index (χ2v) is 6.56. The number of rotatable bonds is 8. The molecule has 0 aromatic heterocycles. The first-order valence-electron chi connectivity index (χ1n) is 6.47. The van der Waals surface area contributed by atoms with Gasteiger partial charge < -0.3 is 0 Å². The van der Waals surface area contributed by atoms with Crippen LogP contribution in [-0.2, 0) is 18.1 Å². The van der Waals surface area contributed by atoms with Crippen LogP contribution in [0.5, 0.6) is 0 Å². The molecule has 4 nitrogen and oxygen atoms in total. The van der Waals surface area contributed by atoms with Gasteiger partial charge in [-0.05, 0) is 44.0 Å². The van der Waals surface area contributed by atoms with Crippen LogP contribution in [-0.4, -0.2) is 19.8 Å². The first-order valence-corrected chi connectivity index (χ1v) is 8.72. The predicted octanol–water partition coefficient (Wildman–Crippen LogP) is 5.05. The molecule has 0 unspecified atom stereocenters. The van der Waals surface area contributed by atoms with Gasteiger partial charge in [0.1, 0.15) is 0 Å². The molecular formula is C14H20BrO4P. The van der Waals surface area contributed by atoms with E-state index in [1.165, 1.54) is 0 Å². The third-order valence-electron chi connectivity index (χ3n) is 2.48. The molecule has 0 atom stereocenters. The summed E-state index contributed by atoms with van der Waals surface area (Å²) in [7, 11) is -3.43. The summed E-state index contributed by atoms with van der Waals surface area (Å²) in [6, 6.07) is 7.94. The van der Waals surface area contributed by atoms with Gasteiger partial charge in [-0.25, -0.2) is 4.57 Å². The summed E-state index contributed by atoms with van der Waals surface area (Å²) >= 11 is 3.43. The molecule has 0 aliphatic heterocycles. The molecule has 20 heavy (non-hydrogen) atoms. The van der Waals surface area contributed by atoms with Crippen LogP contribution in [0.2, 0.25) is 0 Å². The van der Waals surface area contributed by atoms with E-state index in [2.05, 4.69) is 15.9 Å². The molecule has 0 amide bonds. The highest BCUT2D eigenvalue weighted by molar-refractivity contribution is 9.10. The second kappa shape index (κ2) is 8.75. The molecule has 6 heteroatoms. The van der Waals surface area contributed by atoms with Gasteiger partial charge in [0.2, 0.25) is 0 Å². The van der Waals surface area contributed by atoms with Gasteiger partial charge >= 0.3 is 7.82 Å². The first-order chi connectivity index (χ1) is 9.50. The Morgan fingerprint density at radius 2 is 1.90 bits per heavy atom. The summed E-state index contributed by atoms with van der Waals surface area (Å²) in [6.07, 6.45) is 1.85.